The zero-order valence-corrected chi connectivity index (χ0v) is 11.7. The minimum Gasteiger partial charge on any atom is -0.398 e. The summed E-state index contributed by atoms with van der Waals surface area (Å²) >= 11 is 2.85. The Bertz CT molecular complexity index is 428. The lowest BCUT2D eigenvalue weighted by molar-refractivity contribution is 0.559. The van der Waals surface area contributed by atoms with Crippen molar-refractivity contribution in [1.82, 2.24) is 4.72 Å². The van der Waals surface area contributed by atoms with E-state index in [1.165, 1.54) is 6.07 Å². The quantitative estimate of drug-likeness (QED) is 0.832. The van der Waals surface area contributed by atoms with Crippen molar-refractivity contribution in [2.75, 3.05) is 17.7 Å². The maximum Gasteiger partial charge on any atom is 0.250 e. The molecule has 0 aromatic carbocycles. The highest BCUT2D eigenvalue weighted by atomic mass is 32.2. The van der Waals surface area contributed by atoms with Crippen molar-refractivity contribution < 1.29 is 8.42 Å². The summed E-state index contributed by atoms with van der Waals surface area (Å²) in [5.74, 6) is 0.941. The molecule has 0 saturated heterocycles. The number of thioether (sulfide) groups is 1. The third-order valence-electron chi connectivity index (χ3n) is 1.97. The van der Waals surface area contributed by atoms with E-state index in [0.29, 0.717) is 5.69 Å². The average Bonchev–Trinajstić information content (AvgIpc) is 2.62. The van der Waals surface area contributed by atoms with Gasteiger partial charge in [-0.15, -0.1) is 11.3 Å². The number of thiophene rings is 1. The number of rotatable bonds is 6. The molecule has 16 heavy (non-hydrogen) atoms. The number of nitrogens with one attached hydrogen (secondary N) is 1. The van der Waals surface area contributed by atoms with Gasteiger partial charge in [-0.25, -0.2) is 13.1 Å². The van der Waals surface area contributed by atoms with Gasteiger partial charge in [0, 0.05) is 17.1 Å². The van der Waals surface area contributed by atoms with E-state index in [9.17, 15) is 8.42 Å². The number of nitrogen functional groups attached to an aromatic ring is 1. The zero-order chi connectivity index (χ0) is 12.2. The summed E-state index contributed by atoms with van der Waals surface area (Å²) in [5.41, 5.74) is 5.99. The van der Waals surface area contributed by atoms with Crippen LogP contribution in [0.25, 0.3) is 0 Å². The number of nitrogens with two attached hydrogens (primary N) is 1. The van der Waals surface area contributed by atoms with Crippen LogP contribution >= 0.6 is 23.1 Å². The van der Waals surface area contributed by atoms with Gasteiger partial charge in [0.05, 0.1) is 0 Å². The molecule has 1 unspecified atom stereocenters. The molecule has 1 heterocycles. The van der Waals surface area contributed by atoms with Gasteiger partial charge in [-0.2, -0.15) is 11.8 Å². The van der Waals surface area contributed by atoms with Gasteiger partial charge in [0.15, 0.2) is 0 Å². The summed E-state index contributed by atoms with van der Waals surface area (Å²) in [6, 6.07) is 1.43. The third kappa shape index (κ3) is 3.97. The second-order valence-electron chi connectivity index (χ2n) is 3.50. The van der Waals surface area contributed by atoms with E-state index in [0.717, 1.165) is 23.5 Å². The molecule has 0 bridgehead atoms. The summed E-state index contributed by atoms with van der Waals surface area (Å²) in [5, 5.41) is 1.63. The van der Waals surface area contributed by atoms with E-state index >= 15 is 0 Å². The van der Waals surface area contributed by atoms with Crippen LogP contribution in [0.5, 0.6) is 0 Å². The van der Waals surface area contributed by atoms with E-state index < -0.39 is 10.0 Å². The Balaban J connectivity index is 2.65. The van der Waals surface area contributed by atoms with Gasteiger partial charge in [-0.05, 0) is 31.4 Å². The van der Waals surface area contributed by atoms with Gasteiger partial charge in [-0.3, -0.25) is 0 Å². The van der Waals surface area contributed by atoms with Crippen LogP contribution in [0.4, 0.5) is 5.69 Å². The minimum atomic E-state index is -3.39. The van der Waals surface area contributed by atoms with Crippen molar-refractivity contribution >= 4 is 38.8 Å². The molecular weight excluding hydrogens is 264 g/mol. The smallest absolute Gasteiger partial charge is 0.250 e. The topological polar surface area (TPSA) is 72.2 Å². The minimum absolute atomic E-state index is 0.0548. The maximum atomic E-state index is 11.9. The highest BCUT2D eigenvalue weighted by molar-refractivity contribution is 7.98. The van der Waals surface area contributed by atoms with Crippen molar-refractivity contribution in [2.24, 2.45) is 0 Å². The number of sulfonamides is 1. The molecule has 0 saturated carbocycles. The highest BCUT2D eigenvalue weighted by Crippen LogP contribution is 2.21. The summed E-state index contributed by atoms with van der Waals surface area (Å²) in [6.45, 7) is 1.87. The molecule has 1 atom stereocenters. The SMILES string of the molecule is CSCCC(C)NS(=O)(=O)c1cc(N)cs1. The van der Waals surface area contributed by atoms with Crippen molar-refractivity contribution in [1.29, 1.82) is 0 Å². The van der Waals surface area contributed by atoms with Crippen LogP contribution < -0.4 is 10.5 Å². The Morgan fingerprint density at radius 1 is 1.62 bits per heavy atom. The molecule has 0 aliphatic carbocycles. The van der Waals surface area contributed by atoms with Gasteiger partial charge >= 0.3 is 0 Å². The normalized spacial score (nSPS) is 13.9. The molecule has 7 heteroatoms. The number of hydrogen-bond donors (Lipinski definition) is 2. The van der Waals surface area contributed by atoms with Crippen molar-refractivity contribution in [2.45, 2.75) is 23.6 Å². The molecule has 0 radical (unpaired) electrons. The maximum absolute atomic E-state index is 11.9. The van der Waals surface area contributed by atoms with Gasteiger partial charge in [0.2, 0.25) is 10.0 Å². The first-order valence-electron chi connectivity index (χ1n) is 4.81. The average molecular weight is 280 g/mol. The summed E-state index contributed by atoms with van der Waals surface area (Å²) < 4.78 is 26.6. The van der Waals surface area contributed by atoms with Crippen LogP contribution in [0.15, 0.2) is 15.7 Å². The fraction of sp³-hybridized carbons (Fsp3) is 0.556. The van der Waals surface area contributed by atoms with E-state index in [1.54, 1.807) is 17.1 Å². The molecule has 1 aromatic rings. The Morgan fingerprint density at radius 2 is 2.31 bits per heavy atom. The first-order chi connectivity index (χ1) is 7.45. The predicted molar refractivity (Wildman–Crippen MR) is 71.5 cm³/mol. The molecule has 92 valence electrons. The lowest BCUT2D eigenvalue weighted by atomic mass is 10.3. The lowest BCUT2D eigenvalue weighted by Gasteiger charge is -2.12. The molecule has 0 spiro atoms. The first-order valence-corrected chi connectivity index (χ1v) is 8.56. The van der Waals surface area contributed by atoms with Crippen LogP contribution in [0.1, 0.15) is 13.3 Å². The van der Waals surface area contributed by atoms with Crippen LogP contribution in [-0.4, -0.2) is 26.5 Å². The predicted octanol–water partition coefficient (Wildman–Crippen LogP) is 1.75. The summed E-state index contributed by atoms with van der Waals surface area (Å²) in [7, 11) is -3.39. The Labute approximate surface area is 105 Å². The molecule has 1 aromatic heterocycles. The van der Waals surface area contributed by atoms with E-state index in [-0.39, 0.29) is 10.3 Å². The fourth-order valence-electron chi connectivity index (χ4n) is 1.15. The van der Waals surface area contributed by atoms with E-state index in [1.807, 2.05) is 13.2 Å². The Hall–Kier alpha value is -0.240. The standard InChI is InChI=1S/C9H16N2O2S3/c1-7(3-4-14-2)11-16(12,13)9-5-8(10)6-15-9/h5-7,11H,3-4,10H2,1-2H3. The molecule has 0 aliphatic rings. The third-order valence-corrected chi connectivity index (χ3v) is 5.66. The molecule has 0 fully saturated rings. The summed E-state index contributed by atoms with van der Waals surface area (Å²) in [4.78, 5) is 0. The van der Waals surface area contributed by atoms with E-state index in [4.69, 9.17) is 5.73 Å². The molecular formula is C9H16N2O2S3. The molecule has 1 rings (SSSR count). The molecule has 3 N–H and O–H groups in total. The molecule has 4 nitrogen and oxygen atoms in total. The van der Waals surface area contributed by atoms with Gasteiger partial charge in [-0.1, -0.05) is 0 Å². The molecule has 0 aliphatic heterocycles. The van der Waals surface area contributed by atoms with Gasteiger partial charge in [0.25, 0.3) is 0 Å². The first kappa shape index (κ1) is 13.8. The van der Waals surface area contributed by atoms with Crippen LogP contribution in [-0.2, 0) is 10.0 Å². The largest absolute Gasteiger partial charge is 0.398 e. The zero-order valence-electron chi connectivity index (χ0n) is 9.26. The van der Waals surface area contributed by atoms with Crippen LogP contribution in [0, 0.1) is 0 Å². The van der Waals surface area contributed by atoms with Gasteiger partial charge in [0.1, 0.15) is 4.21 Å². The van der Waals surface area contributed by atoms with Crippen molar-refractivity contribution in [3.05, 3.63) is 11.4 Å². The van der Waals surface area contributed by atoms with Crippen LogP contribution in [0.3, 0.4) is 0 Å². The Morgan fingerprint density at radius 3 is 2.81 bits per heavy atom. The second-order valence-corrected chi connectivity index (χ2v) is 7.34. The van der Waals surface area contributed by atoms with Crippen LogP contribution in [0.2, 0.25) is 0 Å². The van der Waals surface area contributed by atoms with Gasteiger partial charge < -0.3 is 5.73 Å². The van der Waals surface area contributed by atoms with Crippen molar-refractivity contribution in [3.8, 4) is 0 Å². The van der Waals surface area contributed by atoms with Crippen molar-refractivity contribution in [3.63, 3.8) is 0 Å². The second kappa shape index (κ2) is 5.90. The Kier molecular flexibility index (Phi) is 5.10. The summed E-state index contributed by atoms with van der Waals surface area (Å²) in [6.07, 6.45) is 2.82. The number of hydrogen-bond acceptors (Lipinski definition) is 5. The molecule has 0 amide bonds. The monoisotopic (exact) mass is 280 g/mol. The van der Waals surface area contributed by atoms with E-state index in [2.05, 4.69) is 4.72 Å². The number of anilines is 1. The fourth-order valence-corrected chi connectivity index (χ4v) is 4.11. The lowest BCUT2D eigenvalue weighted by Crippen LogP contribution is -2.32. The highest BCUT2D eigenvalue weighted by Gasteiger charge is 2.18.